The van der Waals surface area contributed by atoms with Gasteiger partial charge in [-0.3, -0.25) is 0 Å². The van der Waals surface area contributed by atoms with Crippen molar-refractivity contribution in [2.75, 3.05) is 27.3 Å². The van der Waals surface area contributed by atoms with Gasteiger partial charge in [0.2, 0.25) is 0 Å². The van der Waals surface area contributed by atoms with E-state index in [0.29, 0.717) is 47.0 Å². The number of methoxy groups -OCH3 is 2. The van der Waals surface area contributed by atoms with Crippen LogP contribution in [0.15, 0.2) is 36.4 Å². The van der Waals surface area contributed by atoms with Crippen LogP contribution in [0.1, 0.15) is 45.1 Å². The van der Waals surface area contributed by atoms with Crippen molar-refractivity contribution in [1.82, 2.24) is 14.5 Å². The summed E-state index contributed by atoms with van der Waals surface area (Å²) in [5, 5.41) is 0. The van der Waals surface area contributed by atoms with Crippen LogP contribution < -0.4 is 9.47 Å². The number of ether oxygens (including phenoxy) is 3. The largest absolute Gasteiger partial charge is 0.493 e. The molecule has 0 atom stereocenters. The first kappa shape index (κ1) is 25.7. The summed E-state index contributed by atoms with van der Waals surface area (Å²) < 4.78 is 44.8. The molecule has 3 aromatic rings. The molecule has 0 aliphatic carbocycles. The van der Waals surface area contributed by atoms with Crippen molar-refractivity contribution in [3.8, 4) is 22.9 Å². The molecule has 7 nitrogen and oxygen atoms in total. The molecule has 9 heteroatoms. The van der Waals surface area contributed by atoms with Gasteiger partial charge in [0.05, 0.1) is 31.8 Å². The Bertz CT molecular complexity index is 1230. The molecule has 0 N–H and O–H groups in total. The molecule has 0 saturated carbocycles. The Labute approximate surface area is 210 Å². The van der Waals surface area contributed by atoms with Crippen LogP contribution in [0.4, 0.5) is 13.6 Å². The molecule has 4 rings (SSSR count). The van der Waals surface area contributed by atoms with Crippen molar-refractivity contribution in [2.45, 2.75) is 58.1 Å². The lowest BCUT2D eigenvalue weighted by molar-refractivity contribution is 0.0205. The van der Waals surface area contributed by atoms with E-state index in [1.165, 1.54) is 7.11 Å². The highest BCUT2D eigenvalue weighted by Gasteiger charge is 2.28. The van der Waals surface area contributed by atoms with Crippen LogP contribution in [0.5, 0.6) is 11.5 Å². The fraction of sp³-hybridized carbons (Fsp3) is 0.481. The van der Waals surface area contributed by atoms with E-state index >= 15 is 0 Å². The standard InChI is InChI=1S/C27H33F2N3O4/c1-27(2,3)36-26(33)31-12-10-17(11-13-31)18-6-8-21-20(14-18)30-25(32(21)16-24(28)29)19-7-9-22(34-4)23(15-19)35-5/h6-9,14-15,17,24H,10-13,16H2,1-5H3. The van der Waals surface area contributed by atoms with E-state index in [2.05, 4.69) is 0 Å². The average Bonchev–Trinajstić information content (AvgIpc) is 3.19. The van der Waals surface area contributed by atoms with Crippen molar-refractivity contribution in [3.63, 3.8) is 0 Å². The average molecular weight is 502 g/mol. The minimum Gasteiger partial charge on any atom is -0.493 e. The lowest BCUT2D eigenvalue weighted by atomic mass is 9.89. The van der Waals surface area contributed by atoms with Crippen LogP contribution in [-0.4, -0.2) is 59.9 Å². The normalized spacial score (nSPS) is 14.9. The van der Waals surface area contributed by atoms with E-state index in [1.54, 1.807) is 34.8 Å². The molecule has 1 amide bonds. The minimum absolute atomic E-state index is 0.248. The van der Waals surface area contributed by atoms with Crippen molar-refractivity contribution in [2.24, 2.45) is 0 Å². The van der Waals surface area contributed by atoms with Crippen LogP contribution >= 0.6 is 0 Å². The summed E-state index contributed by atoms with van der Waals surface area (Å²) in [5.74, 6) is 1.75. The number of carbonyl (C=O) groups is 1. The highest BCUT2D eigenvalue weighted by Crippen LogP contribution is 2.35. The first-order chi connectivity index (χ1) is 17.1. The maximum atomic E-state index is 13.5. The summed E-state index contributed by atoms with van der Waals surface area (Å²) in [7, 11) is 3.08. The molecule has 0 spiro atoms. The third kappa shape index (κ3) is 5.55. The summed E-state index contributed by atoms with van der Waals surface area (Å²) >= 11 is 0. The predicted molar refractivity (Wildman–Crippen MR) is 134 cm³/mol. The second-order valence-electron chi connectivity index (χ2n) is 10.00. The Morgan fingerprint density at radius 2 is 1.75 bits per heavy atom. The van der Waals surface area contributed by atoms with Crippen LogP contribution in [0.3, 0.4) is 0 Å². The number of piperidine rings is 1. The predicted octanol–water partition coefficient (Wildman–Crippen LogP) is 6.10. The van der Waals surface area contributed by atoms with Crippen molar-refractivity contribution < 1.29 is 27.8 Å². The Hall–Kier alpha value is -3.36. The Balaban J connectivity index is 1.61. The molecule has 0 radical (unpaired) electrons. The zero-order chi connectivity index (χ0) is 26.0. The zero-order valence-electron chi connectivity index (χ0n) is 21.4. The zero-order valence-corrected chi connectivity index (χ0v) is 21.4. The summed E-state index contributed by atoms with van der Waals surface area (Å²) in [5.41, 5.74) is 2.54. The maximum absolute atomic E-state index is 13.5. The van der Waals surface area contributed by atoms with Gasteiger partial charge in [-0.1, -0.05) is 6.07 Å². The van der Waals surface area contributed by atoms with E-state index in [-0.39, 0.29) is 12.0 Å². The molecular formula is C27H33F2N3O4. The summed E-state index contributed by atoms with van der Waals surface area (Å²) in [6.07, 6.45) is -1.23. The summed E-state index contributed by atoms with van der Waals surface area (Å²) in [6, 6.07) is 11.1. The summed E-state index contributed by atoms with van der Waals surface area (Å²) in [4.78, 5) is 18.9. The van der Waals surface area contributed by atoms with Crippen LogP contribution in [0, 0.1) is 0 Å². The van der Waals surface area contributed by atoms with Gasteiger partial charge in [-0.2, -0.15) is 0 Å². The van der Waals surface area contributed by atoms with Gasteiger partial charge in [0, 0.05) is 18.7 Å². The second kappa shape index (κ2) is 10.3. The number of rotatable bonds is 6. The van der Waals surface area contributed by atoms with Gasteiger partial charge in [0.1, 0.15) is 11.4 Å². The van der Waals surface area contributed by atoms with Gasteiger partial charge in [0.25, 0.3) is 6.43 Å². The highest BCUT2D eigenvalue weighted by molar-refractivity contribution is 5.82. The van der Waals surface area contributed by atoms with Gasteiger partial charge in [-0.25, -0.2) is 18.6 Å². The topological polar surface area (TPSA) is 65.8 Å². The third-order valence-electron chi connectivity index (χ3n) is 6.35. The van der Waals surface area contributed by atoms with Crippen molar-refractivity contribution >= 4 is 17.1 Å². The summed E-state index contributed by atoms with van der Waals surface area (Å²) in [6.45, 7) is 6.32. The Kier molecular flexibility index (Phi) is 7.38. The van der Waals surface area contributed by atoms with E-state index < -0.39 is 18.6 Å². The molecule has 0 unspecified atom stereocenters. The first-order valence-corrected chi connectivity index (χ1v) is 12.1. The van der Waals surface area contributed by atoms with E-state index in [4.69, 9.17) is 19.2 Å². The van der Waals surface area contributed by atoms with Crippen LogP contribution in [0.25, 0.3) is 22.4 Å². The fourth-order valence-electron chi connectivity index (χ4n) is 4.64. The molecule has 1 saturated heterocycles. The van der Waals surface area contributed by atoms with Gasteiger partial charge in [-0.15, -0.1) is 0 Å². The van der Waals surface area contributed by atoms with E-state index in [1.807, 2.05) is 39.0 Å². The van der Waals surface area contributed by atoms with Crippen molar-refractivity contribution in [3.05, 3.63) is 42.0 Å². The van der Waals surface area contributed by atoms with E-state index in [9.17, 15) is 13.6 Å². The molecule has 194 valence electrons. The molecule has 0 bridgehead atoms. The van der Waals surface area contributed by atoms with Crippen LogP contribution in [0.2, 0.25) is 0 Å². The fourth-order valence-corrected chi connectivity index (χ4v) is 4.64. The number of imidazole rings is 1. The quantitative estimate of drug-likeness (QED) is 0.408. The van der Waals surface area contributed by atoms with Gasteiger partial charge < -0.3 is 23.7 Å². The monoisotopic (exact) mass is 501 g/mol. The number of halogens is 2. The number of nitrogens with zero attached hydrogens (tertiary/aromatic N) is 3. The molecule has 1 aliphatic rings. The molecular weight excluding hydrogens is 468 g/mol. The number of benzene rings is 2. The number of aromatic nitrogens is 2. The first-order valence-electron chi connectivity index (χ1n) is 12.1. The van der Waals surface area contributed by atoms with Crippen LogP contribution in [-0.2, 0) is 11.3 Å². The van der Waals surface area contributed by atoms with E-state index in [0.717, 1.165) is 18.4 Å². The molecule has 2 aromatic carbocycles. The number of fused-ring (bicyclic) bond motifs is 1. The molecule has 2 heterocycles. The third-order valence-corrected chi connectivity index (χ3v) is 6.35. The Morgan fingerprint density at radius 1 is 1.06 bits per heavy atom. The number of amides is 1. The number of likely N-dealkylation sites (tertiary alicyclic amines) is 1. The number of hydrogen-bond acceptors (Lipinski definition) is 5. The molecule has 36 heavy (non-hydrogen) atoms. The lowest BCUT2D eigenvalue weighted by Gasteiger charge is -2.33. The maximum Gasteiger partial charge on any atom is 0.410 e. The molecule has 1 aromatic heterocycles. The second-order valence-corrected chi connectivity index (χ2v) is 10.00. The number of carbonyl (C=O) groups excluding carboxylic acids is 1. The molecule has 1 aliphatic heterocycles. The molecule has 1 fully saturated rings. The van der Waals surface area contributed by atoms with Gasteiger partial charge in [0.15, 0.2) is 11.5 Å². The SMILES string of the molecule is COc1ccc(-c2nc3cc(C4CCN(C(=O)OC(C)(C)C)CC4)ccc3n2CC(F)F)cc1OC. The van der Waals surface area contributed by atoms with Crippen molar-refractivity contribution in [1.29, 1.82) is 0 Å². The lowest BCUT2D eigenvalue weighted by Crippen LogP contribution is -2.41. The number of hydrogen-bond donors (Lipinski definition) is 0. The minimum atomic E-state index is -2.53. The smallest absolute Gasteiger partial charge is 0.410 e. The van der Waals surface area contributed by atoms with Gasteiger partial charge in [-0.05, 0) is 75.4 Å². The number of alkyl halides is 2. The van der Waals surface area contributed by atoms with Gasteiger partial charge >= 0.3 is 6.09 Å². The Morgan fingerprint density at radius 3 is 2.36 bits per heavy atom. The highest BCUT2D eigenvalue weighted by atomic mass is 19.3.